The zero-order valence-corrected chi connectivity index (χ0v) is 12.1. The second kappa shape index (κ2) is 5.40. The molecule has 0 aliphatic carbocycles. The molecule has 0 unspecified atom stereocenters. The Labute approximate surface area is 118 Å². The zero-order valence-electron chi connectivity index (χ0n) is 10.5. The highest BCUT2D eigenvalue weighted by atomic mass is 79.9. The Balaban J connectivity index is 2.31. The van der Waals surface area contributed by atoms with E-state index < -0.39 is 4.92 Å². The number of nitrogens with zero attached hydrogens (tertiary/aromatic N) is 3. The van der Waals surface area contributed by atoms with Gasteiger partial charge in [-0.15, -0.1) is 0 Å². The van der Waals surface area contributed by atoms with E-state index in [2.05, 4.69) is 26.3 Å². The molecule has 1 heterocycles. The number of benzene rings is 1. The molecule has 100 valence electrons. The third kappa shape index (κ3) is 3.11. The maximum absolute atomic E-state index is 11.0. The molecule has 2 rings (SSSR count). The highest BCUT2D eigenvalue weighted by Gasteiger charge is 2.14. The molecule has 6 nitrogen and oxygen atoms in total. The largest absolute Gasteiger partial charge is 0.347 e. The van der Waals surface area contributed by atoms with E-state index in [9.17, 15) is 10.1 Å². The van der Waals surface area contributed by atoms with Crippen LogP contribution in [0.15, 0.2) is 35.1 Å². The van der Waals surface area contributed by atoms with Crippen molar-refractivity contribution in [2.75, 3.05) is 5.32 Å². The van der Waals surface area contributed by atoms with Crippen molar-refractivity contribution in [2.24, 2.45) is 0 Å². The molecule has 1 aromatic carbocycles. The van der Waals surface area contributed by atoms with Crippen LogP contribution in [0.2, 0.25) is 0 Å². The average molecular weight is 325 g/mol. The topological polar surface area (TPSA) is 73.0 Å². The van der Waals surface area contributed by atoms with Gasteiger partial charge in [-0.3, -0.25) is 14.8 Å². The molecule has 19 heavy (non-hydrogen) atoms. The van der Waals surface area contributed by atoms with Crippen LogP contribution in [0.3, 0.4) is 0 Å². The van der Waals surface area contributed by atoms with Crippen molar-refractivity contribution in [3.05, 3.63) is 45.2 Å². The Kier molecular flexibility index (Phi) is 3.84. The van der Waals surface area contributed by atoms with Gasteiger partial charge in [-0.2, -0.15) is 5.10 Å². The van der Waals surface area contributed by atoms with Crippen molar-refractivity contribution in [3.63, 3.8) is 0 Å². The van der Waals surface area contributed by atoms with E-state index in [1.54, 1.807) is 23.0 Å². The minimum absolute atomic E-state index is 0.0282. The number of hydrogen-bond donors (Lipinski definition) is 1. The van der Waals surface area contributed by atoms with E-state index in [4.69, 9.17) is 0 Å². The summed E-state index contributed by atoms with van der Waals surface area (Å²) in [5.41, 5.74) is 1.18. The zero-order chi connectivity index (χ0) is 14.0. The second-order valence-corrected chi connectivity index (χ2v) is 5.26. The maximum atomic E-state index is 11.0. The number of nitro groups is 1. The highest BCUT2D eigenvalue weighted by Crippen LogP contribution is 2.30. The van der Waals surface area contributed by atoms with Gasteiger partial charge in [-0.1, -0.05) is 15.9 Å². The molecule has 2 aromatic rings. The summed E-state index contributed by atoms with van der Waals surface area (Å²) in [5, 5.41) is 18.2. The lowest BCUT2D eigenvalue weighted by Gasteiger charge is -2.06. The number of rotatable bonds is 4. The first-order valence-electron chi connectivity index (χ1n) is 5.72. The first-order chi connectivity index (χ1) is 8.97. The SMILES string of the molecule is CC(C)n1cc(Nc2cc(Br)ccc2[N+](=O)[O-])cn1. The number of halogens is 1. The van der Waals surface area contributed by atoms with Gasteiger partial charge in [0.15, 0.2) is 0 Å². The van der Waals surface area contributed by atoms with E-state index in [-0.39, 0.29) is 11.7 Å². The minimum Gasteiger partial charge on any atom is -0.347 e. The normalized spacial score (nSPS) is 10.7. The van der Waals surface area contributed by atoms with Crippen molar-refractivity contribution in [1.82, 2.24) is 9.78 Å². The molecule has 0 aliphatic rings. The number of hydrogen-bond acceptors (Lipinski definition) is 4. The van der Waals surface area contributed by atoms with Gasteiger partial charge >= 0.3 is 0 Å². The fourth-order valence-electron chi connectivity index (χ4n) is 1.61. The predicted octanol–water partition coefficient (Wildman–Crippen LogP) is 3.88. The molecule has 0 atom stereocenters. The fourth-order valence-corrected chi connectivity index (χ4v) is 1.97. The molecule has 1 aromatic heterocycles. The van der Waals surface area contributed by atoms with E-state index >= 15 is 0 Å². The molecule has 0 saturated heterocycles. The molecule has 0 saturated carbocycles. The third-order valence-corrected chi connectivity index (χ3v) is 3.06. The summed E-state index contributed by atoms with van der Waals surface area (Å²) in [7, 11) is 0. The maximum Gasteiger partial charge on any atom is 0.292 e. The number of anilines is 2. The number of aromatic nitrogens is 2. The molecular formula is C12H13BrN4O2. The van der Waals surface area contributed by atoms with Crippen LogP contribution < -0.4 is 5.32 Å². The summed E-state index contributed by atoms with van der Waals surface area (Å²) in [5.74, 6) is 0. The Morgan fingerprint density at radius 1 is 1.47 bits per heavy atom. The summed E-state index contributed by atoms with van der Waals surface area (Å²) in [6.07, 6.45) is 3.46. The molecule has 0 aliphatic heterocycles. The van der Waals surface area contributed by atoms with E-state index in [1.807, 2.05) is 20.0 Å². The van der Waals surface area contributed by atoms with E-state index in [0.717, 1.165) is 10.2 Å². The third-order valence-electron chi connectivity index (χ3n) is 2.56. The summed E-state index contributed by atoms with van der Waals surface area (Å²) in [4.78, 5) is 10.6. The van der Waals surface area contributed by atoms with Gasteiger partial charge in [0.2, 0.25) is 0 Å². The van der Waals surface area contributed by atoms with Crippen LogP contribution in [0, 0.1) is 10.1 Å². The van der Waals surface area contributed by atoms with Gasteiger partial charge in [-0.25, -0.2) is 0 Å². The molecular weight excluding hydrogens is 312 g/mol. The van der Waals surface area contributed by atoms with Gasteiger partial charge in [0.25, 0.3) is 5.69 Å². The van der Waals surface area contributed by atoms with E-state index in [1.165, 1.54) is 6.07 Å². The van der Waals surface area contributed by atoms with Gasteiger partial charge in [0.05, 0.1) is 16.8 Å². The number of nitro benzene ring substituents is 1. The van der Waals surface area contributed by atoms with Crippen molar-refractivity contribution < 1.29 is 4.92 Å². The Bertz CT molecular complexity index is 610. The van der Waals surface area contributed by atoms with Gasteiger partial charge in [0, 0.05) is 22.8 Å². The summed E-state index contributed by atoms with van der Waals surface area (Å²) >= 11 is 3.30. The standard InChI is InChI=1S/C12H13BrN4O2/c1-8(2)16-7-10(6-14-16)15-11-5-9(13)3-4-12(11)17(18)19/h3-8,15H,1-2H3. The summed E-state index contributed by atoms with van der Waals surface area (Å²) in [6.45, 7) is 4.02. The molecule has 0 spiro atoms. The van der Waals surface area contributed by atoms with Gasteiger partial charge in [0.1, 0.15) is 5.69 Å². The first kappa shape index (κ1) is 13.5. The lowest BCUT2D eigenvalue weighted by atomic mass is 10.2. The average Bonchev–Trinajstić information content (AvgIpc) is 2.77. The quantitative estimate of drug-likeness (QED) is 0.684. The van der Waals surface area contributed by atoms with Crippen LogP contribution in [0.5, 0.6) is 0 Å². The van der Waals surface area contributed by atoms with Crippen molar-refractivity contribution >= 4 is 33.0 Å². The fraction of sp³-hybridized carbons (Fsp3) is 0.250. The van der Waals surface area contributed by atoms with Gasteiger partial charge in [-0.05, 0) is 26.0 Å². The molecule has 0 radical (unpaired) electrons. The first-order valence-corrected chi connectivity index (χ1v) is 6.52. The Morgan fingerprint density at radius 3 is 2.79 bits per heavy atom. The van der Waals surface area contributed by atoms with E-state index in [0.29, 0.717) is 5.69 Å². The Hall–Kier alpha value is -1.89. The predicted molar refractivity (Wildman–Crippen MR) is 76.7 cm³/mol. The van der Waals surface area contributed by atoms with Crippen LogP contribution >= 0.6 is 15.9 Å². The van der Waals surface area contributed by atoms with Crippen LogP contribution in [0.25, 0.3) is 0 Å². The molecule has 1 N–H and O–H groups in total. The summed E-state index contributed by atoms with van der Waals surface area (Å²) < 4.78 is 2.56. The smallest absolute Gasteiger partial charge is 0.292 e. The monoisotopic (exact) mass is 324 g/mol. The van der Waals surface area contributed by atoms with Crippen molar-refractivity contribution in [2.45, 2.75) is 19.9 Å². The second-order valence-electron chi connectivity index (χ2n) is 4.35. The van der Waals surface area contributed by atoms with Crippen LogP contribution in [0.4, 0.5) is 17.1 Å². The van der Waals surface area contributed by atoms with Gasteiger partial charge < -0.3 is 5.32 Å². The highest BCUT2D eigenvalue weighted by molar-refractivity contribution is 9.10. The van der Waals surface area contributed by atoms with Crippen LogP contribution in [-0.4, -0.2) is 14.7 Å². The Morgan fingerprint density at radius 2 is 2.21 bits per heavy atom. The lowest BCUT2D eigenvalue weighted by molar-refractivity contribution is -0.383. The number of nitrogens with one attached hydrogen (secondary N) is 1. The summed E-state index contributed by atoms with van der Waals surface area (Å²) in [6, 6.07) is 5.01. The molecule has 7 heteroatoms. The molecule has 0 amide bonds. The van der Waals surface area contributed by atoms with Crippen molar-refractivity contribution in [1.29, 1.82) is 0 Å². The molecule has 0 fully saturated rings. The van der Waals surface area contributed by atoms with Crippen LogP contribution in [-0.2, 0) is 0 Å². The lowest BCUT2D eigenvalue weighted by Crippen LogP contribution is -2.00. The van der Waals surface area contributed by atoms with Crippen LogP contribution in [0.1, 0.15) is 19.9 Å². The molecule has 0 bridgehead atoms. The minimum atomic E-state index is -0.415. The van der Waals surface area contributed by atoms with Crippen molar-refractivity contribution in [3.8, 4) is 0 Å².